The molecule has 0 amide bonds. The van der Waals surface area contributed by atoms with Gasteiger partial charge in [0.25, 0.3) is 0 Å². The van der Waals surface area contributed by atoms with E-state index >= 15 is 0 Å². The van der Waals surface area contributed by atoms with E-state index in [1.165, 1.54) is 12.2 Å². The van der Waals surface area contributed by atoms with E-state index in [0.29, 0.717) is 5.92 Å². The Bertz CT molecular complexity index is 176. The summed E-state index contributed by atoms with van der Waals surface area (Å²) >= 11 is 2.02. The van der Waals surface area contributed by atoms with Crippen molar-refractivity contribution in [3.63, 3.8) is 0 Å². The molecule has 0 aromatic carbocycles. The van der Waals surface area contributed by atoms with Gasteiger partial charge in [-0.15, -0.1) is 0 Å². The fraction of sp³-hybridized carbons (Fsp3) is 1.00. The van der Waals surface area contributed by atoms with Gasteiger partial charge in [-0.1, -0.05) is 20.8 Å². The van der Waals surface area contributed by atoms with Gasteiger partial charge in [0.05, 0.1) is 13.2 Å². The summed E-state index contributed by atoms with van der Waals surface area (Å²) in [4.78, 5) is 0. The van der Waals surface area contributed by atoms with Crippen LogP contribution in [0.2, 0.25) is 0 Å². The Morgan fingerprint density at radius 3 is 2.33 bits per heavy atom. The molecule has 0 saturated carbocycles. The van der Waals surface area contributed by atoms with Crippen LogP contribution in [-0.2, 0) is 9.47 Å². The zero-order valence-corrected chi connectivity index (χ0v) is 11.2. The Kier molecular flexibility index (Phi) is 5.44. The maximum absolute atomic E-state index is 5.64. The van der Waals surface area contributed by atoms with Gasteiger partial charge < -0.3 is 9.47 Å². The molecule has 0 bridgehead atoms. The van der Waals surface area contributed by atoms with Gasteiger partial charge in [0.15, 0.2) is 5.79 Å². The summed E-state index contributed by atoms with van der Waals surface area (Å²) in [6, 6.07) is 0. The quantitative estimate of drug-likeness (QED) is 0.655. The largest absolute Gasteiger partial charge is 0.348 e. The third-order valence-electron chi connectivity index (χ3n) is 2.96. The zero-order chi connectivity index (χ0) is 11.3. The van der Waals surface area contributed by atoms with Crippen LogP contribution < -0.4 is 0 Å². The molecular formula is C12H24O2S. The van der Waals surface area contributed by atoms with E-state index in [-0.39, 0.29) is 5.79 Å². The standard InChI is InChI=1S/C12H24O2S/c1-10(2)5-8-15-9-11(3)12(4)13-6-7-14-12/h10-11H,5-9H2,1-4H3. The minimum absolute atomic E-state index is 0.329. The number of rotatable bonds is 6. The number of thioether (sulfide) groups is 1. The number of hydrogen-bond acceptors (Lipinski definition) is 3. The molecule has 0 aliphatic carbocycles. The predicted molar refractivity (Wildman–Crippen MR) is 66.3 cm³/mol. The van der Waals surface area contributed by atoms with E-state index in [9.17, 15) is 0 Å². The van der Waals surface area contributed by atoms with E-state index in [1.807, 2.05) is 11.8 Å². The molecule has 0 spiro atoms. The molecule has 1 fully saturated rings. The van der Waals surface area contributed by atoms with Crippen LogP contribution in [-0.4, -0.2) is 30.5 Å². The number of hydrogen-bond donors (Lipinski definition) is 0. The fourth-order valence-corrected chi connectivity index (χ4v) is 3.01. The molecule has 1 aliphatic heterocycles. The van der Waals surface area contributed by atoms with Gasteiger partial charge in [-0.05, 0) is 25.0 Å². The lowest BCUT2D eigenvalue weighted by Gasteiger charge is -2.29. The van der Waals surface area contributed by atoms with Gasteiger partial charge in [0.2, 0.25) is 0 Å². The maximum atomic E-state index is 5.64. The SMILES string of the molecule is CC(C)CCSCC(C)C1(C)OCCO1. The summed E-state index contributed by atoms with van der Waals surface area (Å²) in [5, 5.41) is 0. The monoisotopic (exact) mass is 232 g/mol. The van der Waals surface area contributed by atoms with E-state index in [0.717, 1.165) is 24.9 Å². The lowest BCUT2D eigenvalue weighted by molar-refractivity contribution is -0.171. The highest BCUT2D eigenvalue weighted by Crippen LogP contribution is 2.30. The first-order valence-corrected chi connectivity index (χ1v) is 7.05. The van der Waals surface area contributed by atoms with Gasteiger partial charge in [0.1, 0.15) is 0 Å². The van der Waals surface area contributed by atoms with Gasteiger partial charge in [-0.3, -0.25) is 0 Å². The van der Waals surface area contributed by atoms with Crippen molar-refractivity contribution in [1.29, 1.82) is 0 Å². The molecule has 0 N–H and O–H groups in total. The molecule has 0 aromatic rings. The summed E-state index contributed by atoms with van der Waals surface area (Å²) in [7, 11) is 0. The van der Waals surface area contributed by atoms with Crippen LogP contribution in [0.4, 0.5) is 0 Å². The Labute approximate surface area is 98.1 Å². The van der Waals surface area contributed by atoms with Crippen molar-refractivity contribution in [3.8, 4) is 0 Å². The molecule has 90 valence electrons. The van der Waals surface area contributed by atoms with E-state index < -0.39 is 0 Å². The summed E-state index contributed by atoms with van der Waals surface area (Å²) in [6.07, 6.45) is 1.30. The summed E-state index contributed by atoms with van der Waals surface area (Å²) in [5.41, 5.74) is 0. The van der Waals surface area contributed by atoms with Crippen LogP contribution in [0.15, 0.2) is 0 Å². The zero-order valence-electron chi connectivity index (χ0n) is 10.4. The highest BCUT2D eigenvalue weighted by molar-refractivity contribution is 7.99. The van der Waals surface area contributed by atoms with Crippen LogP contribution in [0.1, 0.15) is 34.1 Å². The second-order valence-electron chi connectivity index (χ2n) is 4.87. The minimum Gasteiger partial charge on any atom is -0.348 e. The third-order valence-corrected chi connectivity index (χ3v) is 4.22. The van der Waals surface area contributed by atoms with Crippen LogP contribution in [0.5, 0.6) is 0 Å². The van der Waals surface area contributed by atoms with E-state index in [1.54, 1.807) is 0 Å². The summed E-state index contributed by atoms with van der Waals surface area (Å²) in [6.45, 7) is 10.3. The van der Waals surface area contributed by atoms with Crippen LogP contribution >= 0.6 is 11.8 Å². The van der Waals surface area contributed by atoms with Crippen molar-refractivity contribution in [2.45, 2.75) is 39.9 Å². The summed E-state index contributed by atoms with van der Waals surface area (Å²) in [5.74, 6) is 3.33. The molecule has 2 nitrogen and oxygen atoms in total. The normalized spacial score (nSPS) is 22.2. The molecule has 1 aliphatic rings. The Hall–Kier alpha value is 0.270. The molecule has 1 heterocycles. The smallest absolute Gasteiger partial charge is 0.169 e. The second-order valence-corrected chi connectivity index (χ2v) is 6.02. The predicted octanol–water partition coefficient (Wildman–Crippen LogP) is 3.16. The topological polar surface area (TPSA) is 18.5 Å². The average molecular weight is 232 g/mol. The molecule has 0 aromatic heterocycles. The molecular weight excluding hydrogens is 208 g/mol. The first-order valence-electron chi connectivity index (χ1n) is 5.90. The second kappa shape index (κ2) is 6.12. The van der Waals surface area contributed by atoms with Crippen molar-refractivity contribution in [2.75, 3.05) is 24.7 Å². The van der Waals surface area contributed by atoms with Crippen LogP contribution in [0.3, 0.4) is 0 Å². The summed E-state index contributed by atoms with van der Waals surface area (Å²) < 4.78 is 11.3. The average Bonchev–Trinajstić information content (AvgIpc) is 2.60. The first-order chi connectivity index (χ1) is 7.04. The maximum Gasteiger partial charge on any atom is 0.169 e. The molecule has 3 heteroatoms. The highest BCUT2D eigenvalue weighted by atomic mass is 32.2. The van der Waals surface area contributed by atoms with Gasteiger partial charge in [0, 0.05) is 11.7 Å². The lowest BCUT2D eigenvalue weighted by Crippen LogP contribution is -2.35. The van der Waals surface area contributed by atoms with Crippen molar-refractivity contribution >= 4 is 11.8 Å². The van der Waals surface area contributed by atoms with E-state index in [4.69, 9.17) is 9.47 Å². The van der Waals surface area contributed by atoms with Crippen molar-refractivity contribution < 1.29 is 9.47 Å². The lowest BCUT2D eigenvalue weighted by atomic mass is 10.1. The Morgan fingerprint density at radius 1 is 1.20 bits per heavy atom. The molecule has 1 rings (SSSR count). The fourth-order valence-electron chi connectivity index (χ4n) is 1.55. The minimum atomic E-state index is -0.329. The van der Waals surface area contributed by atoms with Crippen LogP contribution in [0, 0.1) is 11.8 Å². The van der Waals surface area contributed by atoms with Crippen molar-refractivity contribution in [1.82, 2.24) is 0 Å². The molecule has 0 radical (unpaired) electrons. The van der Waals surface area contributed by atoms with Crippen molar-refractivity contribution in [2.24, 2.45) is 11.8 Å². The Morgan fingerprint density at radius 2 is 1.80 bits per heavy atom. The van der Waals surface area contributed by atoms with Crippen molar-refractivity contribution in [3.05, 3.63) is 0 Å². The molecule has 1 atom stereocenters. The first kappa shape index (κ1) is 13.3. The highest BCUT2D eigenvalue weighted by Gasteiger charge is 2.36. The van der Waals surface area contributed by atoms with Gasteiger partial charge in [-0.25, -0.2) is 0 Å². The van der Waals surface area contributed by atoms with Gasteiger partial charge in [-0.2, -0.15) is 11.8 Å². The van der Waals surface area contributed by atoms with Gasteiger partial charge >= 0.3 is 0 Å². The Balaban J connectivity index is 2.15. The van der Waals surface area contributed by atoms with E-state index in [2.05, 4.69) is 27.7 Å². The number of ether oxygens (including phenoxy) is 2. The molecule has 1 unspecified atom stereocenters. The third kappa shape index (κ3) is 4.33. The van der Waals surface area contributed by atoms with Crippen LogP contribution in [0.25, 0.3) is 0 Å². The molecule has 1 saturated heterocycles. The molecule has 15 heavy (non-hydrogen) atoms.